The molecule has 110 valence electrons. The number of benzene rings is 1. The third kappa shape index (κ3) is 3.67. The number of nitrogens with two attached hydrogens (primary N) is 1. The van der Waals surface area contributed by atoms with Crippen LogP contribution in [0.25, 0.3) is 0 Å². The number of nitrogens with zero attached hydrogens (tertiary/aromatic N) is 1. The number of amidine groups is 1. The largest absolute Gasteiger partial charge is 0.496 e. The highest BCUT2D eigenvalue weighted by molar-refractivity contribution is 8.00. The SMILES string of the molecule is COc1cc(CN2CC(C)SC(C)C2)ccc1C(=N)N. The molecule has 0 bridgehead atoms. The highest BCUT2D eigenvalue weighted by Gasteiger charge is 2.22. The Morgan fingerprint density at radius 1 is 1.40 bits per heavy atom. The average molecular weight is 293 g/mol. The number of methoxy groups -OCH3 is 1. The quantitative estimate of drug-likeness (QED) is 0.660. The second-order valence-electron chi connectivity index (χ2n) is 5.40. The van der Waals surface area contributed by atoms with Gasteiger partial charge in [0, 0.05) is 30.1 Å². The predicted molar refractivity (Wildman–Crippen MR) is 85.8 cm³/mol. The number of rotatable bonds is 4. The van der Waals surface area contributed by atoms with Gasteiger partial charge in [0.15, 0.2) is 0 Å². The molecule has 5 heteroatoms. The predicted octanol–water partition coefficient (Wildman–Crippen LogP) is 2.31. The van der Waals surface area contributed by atoms with E-state index < -0.39 is 0 Å². The topological polar surface area (TPSA) is 62.3 Å². The van der Waals surface area contributed by atoms with Crippen LogP contribution in [0.5, 0.6) is 5.75 Å². The van der Waals surface area contributed by atoms with Gasteiger partial charge in [0.2, 0.25) is 0 Å². The second-order valence-corrected chi connectivity index (χ2v) is 7.28. The Morgan fingerprint density at radius 2 is 2.05 bits per heavy atom. The Balaban J connectivity index is 2.11. The van der Waals surface area contributed by atoms with E-state index in [1.807, 2.05) is 18.2 Å². The molecule has 0 saturated carbocycles. The number of thioether (sulfide) groups is 1. The summed E-state index contributed by atoms with van der Waals surface area (Å²) in [6.45, 7) is 7.72. The molecule has 1 heterocycles. The second kappa shape index (κ2) is 6.50. The van der Waals surface area contributed by atoms with E-state index in [4.69, 9.17) is 15.9 Å². The number of nitrogens with one attached hydrogen (secondary N) is 1. The van der Waals surface area contributed by atoms with Gasteiger partial charge in [-0.05, 0) is 17.7 Å². The lowest BCUT2D eigenvalue weighted by atomic mass is 10.1. The number of ether oxygens (including phenoxy) is 1. The van der Waals surface area contributed by atoms with Crippen molar-refractivity contribution in [3.05, 3.63) is 29.3 Å². The molecule has 0 spiro atoms. The first-order valence-corrected chi connectivity index (χ1v) is 7.83. The monoisotopic (exact) mass is 293 g/mol. The molecule has 20 heavy (non-hydrogen) atoms. The zero-order valence-corrected chi connectivity index (χ0v) is 13.2. The van der Waals surface area contributed by atoms with Crippen molar-refractivity contribution in [2.75, 3.05) is 20.2 Å². The van der Waals surface area contributed by atoms with E-state index >= 15 is 0 Å². The van der Waals surface area contributed by atoms with Crippen molar-refractivity contribution in [3.8, 4) is 5.75 Å². The van der Waals surface area contributed by atoms with Gasteiger partial charge in [0.1, 0.15) is 11.6 Å². The number of hydrogen-bond acceptors (Lipinski definition) is 4. The minimum atomic E-state index is 0.0463. The molecule has 0 amide bonds. The Morgan fingerprint density at radius 3 is 2.60 bits per heavy atom. The molecular formula is C15H23N3OS. The summed E-state index contributed by atoms with van der Waals surface area (Å²) in [4.78, 5) is 2.48. The van der Waals surface area contributed by atoms with Crippen LogP contribution in [0.2, 0.25) is 0 Å². The van der Waals surface area contributed by atoms with Crippen molar-refractivity contribution in [1.29, 1.82) is 5.41 Å². The van der Waals surface area contributed by atoms with E-state index in [-0.39, 0.29) is 5.84 Å². The molecule has 0 aromatic heterocycles. The average Bonchev–Trinajstić information content (AvgIpc) is 2.37. The fraction of sp³-hybridized carbons (Fsp3) is 0.533. The number of nitrogen functional groups attached to an aromatic ring is 1. The summed E-state index contributed by atoms with van der Waals surface area (Å²) in [6, 6.07) is 5.91. The third-order valence-electron chi connectivity index (χ3n) is 3.46. The molecule has 2 unspecified atom stereocenters. The summed E-state index contributed by atoms with van der Waals surface area (Å²) in [5.74, 6) is 0.729. The first kappa shape index (κ1) is 15.2. The maximum atomic E-state index is 7.54. The van der Waals surface area contributed by atoms with Crippen molar-refractivity contribution < 1.29 is 4.74 Å². The Kier molecular flexibility index (Phi) is 4.94. The molecule has 0 aliphatic carbocycles. The van der Waals surface area contributed by atoms with Crippen LogP contribution in [0.15, 0.2) is 18.2 Å². The van der Waals surface area contributed by atoms with Crippen LogP contribution in [0.4, 0.5) is 0 Å². The fourth-order valence-corrected chi connectivity index (χ4v) is 4.12. The lowest BCUT2D eigenvalue weighted by Crippen LogP contribution is -2.39. The molecule has 3 N–H and O–H groups in total. The molecule has 1 saturated heterocycles. The van der Waals surface area contributed by atoms with Crippen LogP contribution < -0.4 is 10.5 Å². The highest BCUT2D eigenvalue weighted by Crippen LogP contribution is 2.27. The summed E-state index contributed by atoms with van der Waals surface area (Å²) in [5.41, 5.74) is 7.42. The van der Waals surface area contributed by atoms with Crippen LogP contribution in [-0.2, 0) is 6.54 Å². The summed E-state index contributed by atoms with van der Waals surface area (Å²) >= 11 is 2.06. The van der Waals surface area contributed by atoms with E-state index in [2.05, 4.69) is 30.5 Å². The van der Waals surface area contributed by atoms with Gasteiger partial charge in [0.25, 0.3) is 0 Å². The highest BCUT2D eigenvalue weighted by atomic mass is 32.2. The summed E-state index contributed by atoms with van der Waals surface area (Å²) in [5, 5.41) is 8.90. The van der Waals surface area contributed by atoms with Crippen molar-refractivity contribution in [2.45, 2.75) is 30.9 Å². The maximum absolute atomic E-state index is 7.54. The van der Waals surface area contributed by atoms with E-state index in [0.717, 1.165) is 19.6 Å². The minimum Gasteiger partial charge on any atom is -0.496 e. The molecule has 2 atom stereocenters. The minimum absolute atomic E-state index is 0.0463. The van der Waals surface area contributed by atoms with Gasteiger partial charge in [-0.2, -0.15) is 11.8 Å². The lowest BCUT2D eigenvalue weighted by Gasteiger charge is -2.34. The Labute approximate surface area is 125 Å². The maximum Gasteiger partial charge on any atom is 0.130 e. The molecule has 0 radical (unpaired) electrons. The summed E-state index contributed by atoms with van der Waals surface area (Å²) in [6.07, 6.45) is 0. The van der Waals surface area contributed by atoms with Crippen LogP contribution >= 0.6 is 11.8 Å². The molecule has 2 rings (SSSR count). The van der Waals surface area contributed by atoms with Crippen molar-refractivity contribution in [3.63, 3.8) is 0 Å². The van der Waals surface area contributed by atoms with Gasteiger partial charge in [0.05, 0.1) is 12.7 Å². The molecule has 1 aromatic carbocycles. The normalized spacial score (nSPS) is 23.6. The van der Waals surface area contributed by atoms with Crippen molar-refractivity contribution in [1.82, 2.24) is 4.90 Å². The summed E-state index contributed by atoms with van der Waals surface area (Å²) in [7, 11) is 1.62. The smallest absolute Gasteiger partial charge is 0.130 e. The van der Waals surface area contributed by atoms with Gasteiger partial charge in [-0.3, -0.25) is 10.3 Å². The molecule has 1 aliphatic heterocycles. The molecule has 1 aliphatic rings. The molecule has 4 nitrogen and oxygen atoms in total. The van der Waals surface area contributed by atoms with Crippen LogP contribution in [0.3, 0.4) is 0 Å². The summed E-state index contributed by atoms with van der Waals surface area (Å²) < 4.78 is 5.34. The van der Waals surface area contributed by atoms with Gasteiger partial charge < -0.3 is 10.5 Å². The standard InChI is InChI=1S/C15H23N3OS/c1-10-7-18(8-11(2)20-10)9-12-4-5-13(15(16)17)14(6-12)19-3/h4-6,10-11H,7-9H2,1-3H3,(H3,16,17). The molecular weight excluding hydrogens is 270 g/mol. The van der Waals surface area contributed by atoms with E-state index in [0.29, 0.717) is 21.8 Å². The van der Waals surface area contributed by atoms with Gasteiger partial charge in [-0.25, -0.2) is 0 Å². The zero-order valence-electron chi connectivity index (χ0n) is 12.3. The van der Waals surface area contributed by atoms with Crippen LogP contribution in [-0.4, -0.2) is 41.4 Å². The first-order valence-electron chi connectivity index (χ1n) is 6.88. The van der Waals surface area contributed by atoms with Crippen molar-refractivity contribution in [2.24, 2.45) is 5.73 Å². The lowest BCUT2D eigenvalue weighted by molar-refractivity contribution is 0.262. The van der Waals surface area contributed by atoms with Crippen molar-refractivity contribution >= 4 is 17.6 Å². The fourth-order valence-electron chi connectivity index (χ4n) is 2.73. The van der Waals surface area contributed by atoms with E-state index in [1.54, 1.807) is 7.11 Å². The van der Waals surface area contributed by atoms with E-state index in [9.17, 15) is 0 Å². The molecule has 1 fully saturated rings. The van der Waals surface area contributed by atoms with Gasteiger partial charge >= 0.3 is 0 Å². The Hall–Kier alpha value is -1.20. The number of hydrogen-bond donors (Lipinski definition) is 2. The van der Waals surface area contributed by atoms with Crippen LogP contribution in [0, 0.1) is 5.41 Å². The van der Waals surface area contributed by atoms with Gasteiger partial charge in [-0.1, -0.05) is 19.9 Å². The first-order chi connectivity index (χ1) is 9.49. The van der Waals surface area contributed by atoms with Gasteiger partial charge in [-0.15, -0.1) is 0 Å². The van der Waals surface area contributed by atoms with Crippen LogP contribution in [0.1, 0.15) is 25.0 Å². The molecule has 1 aromatic rings. The van der Waals surface area contributed by atoms with E-state index in [1.165, 1.54) is 5.56 Å². The Bertz CT molecular complexity index is 482. The zero-order chi connectivity index (χ0) is 14.7. The third-order valence-corrected chi connectivity index (χ3v) is 4.68.